The molecule has 2 N–H and O–H groups in total. The number of fused-ring (bicyclic) bond motifs is 1. The minimum Gasteiger partial charge on any atom is -0.383 e. The number of rotatable bonds is 4. The van der Waals surface area contributed by atoms with E-state index in [1.807, 2.05) is 0 Å². The van der Waals surface area contributed by atoms with Crippen LogP contribution in [0, 0.1) is 0 Å². The lowest BCUT2D eigenvalue weighted by Crippen LogP contribution is -2.09. The highest BCUT2D eigenvalue weighted by atomic mass is 16.5. The molecule has 0 spiro atoms. The second-order valence-electron chi connectivity index (χ2n) is 2.77. The van der Waals surface area contributed by atoms with Gasteiger partial charge in [-0.1, -0.05) is 0 Å². The van der Waals surface area contributed by atoms with Crippen molar-refractivity contribution in [2.24, 2.45) is 0 Å². The Labute approximate surface area is 80.7 Å². The maximum atomic E-state index is 4.93. The van der Waals surface area contributed by atoms with Gasteiger partial charge < -0.3 is 10.1 Å². The van der Waals surface area contributed by atoms with Gasteiger partial charge in [-0.15, -0.1) is 0 Å². The highest BCUT2D eigenvalue weighted by Crippen LogP contribution is 2.15. The van der Waals surface area contributed by atoms with Gasteiger partial charge >= 0.3 is 0 Å². The number of hydrogen-bond donors (Lipinski definition) is 2. The first kappa shape index (κ1) is 8.89. The Morgan fingerprint density at radius 3 is 3.29 bits per heavy atom. The summed E-state index contributed by atoms with van der Waals surface area (Å²) in [5.74, 6) is 0.779. The quantitative estimate of drug-likeness (QED) is 0.688. The van der Waals surface area contributed by atoms with Crippen molar-refractivity contribution in [2.75, 3.05) is 25.6 Å². The van der Waals surface area contributed by atoms with Crippen molar-refractivity contribution in [2.45, 2.75) is 0 Å². The molecule has 0 atom stereocenters. The van der Waals surface area contributed by atoms with Gasteiger partial charge in [0.2, 0.25) is 0 Å². The Kier molecular flexibility index (Phi) is 2.55. The monoisotopic (exact) mass is 193 g/mol. The van der Waals surface area contributed by atoms with Crippen LogP contribution in [-0.4, -0.2) is 40.4 Å². The van der Waals surface area contributed by atoms with Crippen molar-refractivity contribution in [1.82, 2.24) is 20.2 Å². The molecule has 0 saturated carbocycles. The van der Waals surface area contributed by atoms with Gasteiger partial charge in [-0.2, -0.15) is 5.10 Å². The molecule has 0 aliphatic rings. The first-order valence-electron chi connectivity index (χ1n) is 4.28. The van der Waals surface area contributed by atoms with E-state index in [0.717, 1.165) is 16.9 Å². The number of ether oxygens (including phenoxy) is 1. The lowest BCUT2D eigenvalue weighted by atomic mass is 10.4. The van der Waals surface area contributed by atoms with Gasteiger partial charge in [0.1, 0.15) is 12.1 Å². The molecule has 0 amide bonds. The predicted octanol–water partition coefficient (Wildman–Crippen LogP) is 0.411. The zero-order chi connectivity index (χ0) is 9.80. The fourth-order valence-electron chi connectivity index (χ4n) is 1.18. The fraction of sp³-hybridized carbons (Fsp3) is 0.375. The van der Waals surface area contributed by atoms with Gasteiger partial charge in [-0.05, 0) is 0 Å². The minimum absolute atomic E-state index is 0.642. The van der Waals surface area contributed by atoms with Gasteiger partial charge in [-0.3, -0.25) is 5.10 Å². The average Bonchev–Trinajstić information content (AvgIpc) is 2.67. The van der Waals surface area contributed by atoms with Crippen molar-refractivity contribution in [3.8, 4) is 0 Å². The van der Waals surface area contributed by atoms with Crippen LogP contribution in [0.25, 0.3) is 11.0 Å². The van der Waals surface area contributed by atoms with E-state index in [0.29, 0.717) is 13.2 Å². The second kappa shape index (κ2) is 4.01. The molecule has 2 aromatic heterocycles. The lowest BCUT2D eigenvalue weighted by molar-refractivity contribution is 0.210. The molecule has 0 aromatic carbocycles. The standard InChI is InChI=1S/C8H11N5O/c1-14-3-2-9-7-6-4-12-13-8(6)11-5-10-7/h4-5H,2-3H2,1H3,(H2,9,10,11,12,13). The molecule has 6 heteroatoms. The summed E-state index contributed by atoms with van der Waals surface area (Å²) in [4.78, 5) is 8.14. The molecule has 0 aliphatic carbocycles. The van der Waals surface area contributed by atoms with Crippen molar-refractivity contribution >= 4 is 16.9 Å². The Bertz CT molecular complexity index is 413. The van der Waals surface area contributed by atoms with Crippen LogP contribution in [0.15, 0.2) is 12.5 Å². The largest absolute Gasteiger partial charge is 0.383 e. The van der Waals surface area contributed by atoms with E-state index in [1.54, 1.807) is 13.3 Å². The molecular weight excluding hydrogens is 182 g/mol. The number of nitrogens with zero attached hydrogens (tertiary/aromatic N) is 3. The number of hydrogen-bond acceptors (Lipinski definition) is 5. The van der Waals surface area contributed by atoms with Crippen LogP contribution < -0.4 is 5.32 Å². The lowest BCUT2D eigenvalue weighted by Gasteiger charge is -2.04. The Hall–Kier alpha value is -1.69. The van der Waals surface area contributed by atoms with Gasteiger partial charge in [0, 0.05) is 13.7 Å². The van der Waals surface area contributed by atoms with Gasteiger partial charge in [-0.25, -0.2) is 9.97 Å². The molecule has 14 heavy (non-hydrogen) atoms. The molecule has 0 radical (unpaired) electrons. The highest BCUT2D eigenvalue weighted by Gasteiger charge is 2.03. The minimum atomic E-state index is 0.642. The summed E-state index contributed by atoms with van der Waals surface area (Å²) in [6, 6.07) is 0. The van der Waals surface area contributed by atoms with Gasteiger partial charge in [0.25, 0.3) is 0 Å². The normalized spacial score (nSPS) is 10.6. The molecule has 2 heterocycles. The van der Waals surface area contributed by atoms with Crippen molar-refractivity contribution in [3.63, 3.8) is 0 Å². The van der Waals surface area contributed by atoms with Crippen LogP contribution >= 0.6 is 0 Å². The smallest absolute Gasteiger partial charge is 0.160 e. The summed E-state index contributed by atoms with van der Waals surface area (Å²) < 4.78 is 4.93. The van der Waals surface area contributed by atoms with Crippen LogP contribution in [0.3, 0.4) is 0 Å². The van der Waals surface area contributed by atoms with Crippen LogP contribution in [0.2, 0.25) is 0 Å². The molecule has 0 aliphatic heterocycles. The first-order chi connectivity index (χ1) is 6.92. The van der Waals surface area contributed by atoms with Crippen molar-refractivity contribution < 1.29 is 4.74 Å². The second-order valence-corrected chi connectivity index (χ2v) is 2.77. The molecule has 74 valence electrons. The molecule has 0 saturated heterocycles. The Morgan fingerprint density at radius 1 is 1.50 bits per heavy atom. The van der Waals surface area contributed by atoms with E-state index in [4.69, 9.17) is 4.74 Å². The molecule has 0 fully saturated rings. The molecule has 6 nitrogen and oxygen atoms in total. The maximum absolute atomic E-state index is 4.93. The first-order valence-corrected chi connectivity index (χ1v) is 4.28. The van der Waals surface area contributed by atoms with Gasteiger partial charge in [0.15, 0.2) is 5.65 Å². The molecule has 2 rings (SSSR count). The van der Waals surface area contributed by atoms with E-state index in [-0.39, 0.29) is 0 Å². The number of anilines is 1. The number of aromatic amines is 1. The number of aromatic nitrogens is 4. The Morgan fingerprint density at radius 2 is 2.43 bits per heavy atom. The van der Waals surface area contributed by atoms with Gasteiger partial charge in [0.05, 0.1) is 18.2 Å². The summed E-state index contributed by atoms with van der Waals surface area (Å²) in [7, 11) is 1.66. The molecule has 0 bridgehead atoms. The van der Waals surface area contributed by atoms with Crippen LogP contribution in [0.4, 0.5) is 5.82 Å². The summed E-state index contributed by atoms with van der Waals surface area (Å²) in [5, 5.41) is 10.7. The fourth-order valence-corrected chi connectivity index (χ4v) is 1.18. The summed E-state index contributed by atoms with van der Waals surface area (Å²) in [5.41, 5.74) is 0.736. The molecule has 0 unspecified atom stereocenters. The number of nitrogens with one attached hydrogen (secondary N) is 2. The van der Waals surface area contributed by atoms with E-state index in [1.165, 1.54) is 6.33 Å². The Balaban J connectivity index is 2.19. The zero-order valence-electron chi connectivity index (χ0n) is 7.82. The van der Waals surface area contributed by atoms with E-state index < -0.39 is 0 Å². The van der Waals surface area contributed by atoms with Crippen molar-refractivity contribution in [1.29, 1.82) is 0 Å². The van der Waals surface area contributed by atoms with E-state index >= 15 is 0 Å². The number of H-pyrrole nitrogens is 1. The van der Waals surface area contributed by atoms with Crippen LogP contribution in [0.1, 0.15) is 0 Å². The predicted molar refractivity (Wildman–Crippen MR) is 52.0 cm³/mol. The molecule has 2 aromatic rings. The maximum Gasteiger partial charge on any atom is 0.160 e. The van der Waals surface area contributed by atoms with Crippen LogP contribution in [0.5, 0.6) is 0 Å². The third kappa shape index (κ3) is 1.64. The SMILES string of the molecule is COCCNc1ncnc2[nH]ncc12. The summed E-state index contributed by atoms with van der Waals surface area (Å²) in [6.45, 7) is 1.36. The third-order valence-corrected chi connectivity index (χ3v) is 1.85. The van der Waals surface area contributed by atoms with Crippen LogP contribution in [-0.2, 0) is 4.74 Å². The van der Waals surface area contributed by atoms with Crippen molar-refractivity contribution in [3.05, 3.63) is 12.5 Å². The zero-order valence-corrected chi connectivity index (χ0v) is 7.82. The number of methoxy groups -OCH3 is 1. The third-order valence-electron chi connectivity index (χ3n) is 1.85. The van der Waals surface area contributed by atoms with E-state index in [2.05, 4.69) is 25.5 Å². The average molecular weight is 193 g/mol. The topological polar surface area (TPSA) is 75.7 Å². The molecular formula is C8H11N5O. The van der Waals surface area contributed by atoms with E-state index in [9.17, 15) is 0 Å². The highest BCUT2D eigenvalue weighted by molar-refractivity contribution is 5.85. The summed E-state index contributed by atoms with van der Waals surface area (Å²) in [6.07, 6.45) is 3.19. The summed E-state index contributed by atoms with van der Waals surface area (Å²) >= 11 is 0.